The lowest BCUT2D eigenvalue weighted by Gasteiger charge is -2.26. The van der Waals surface area contributed by atoms with E-state index >= 15 is 0 Å². The molecule has 0 saturated heterocycles. The SMILES string of the molecule is CCn1ncnc1CNCCC1CCCC(C)C1. The first-order valence-corrected chi connectivity index (χ1v) is 7.37. The zero-order valence-corrected chi connectivity index (χ0v) is 11.7. The van der Waals surface area contributed by atoms with Crippen molar-refractivity contribution in [1.29, 1.82) is 0 Å². The maximum Gasteiger partial charge on any atom is 0.140 e. The molecule has 0 amide bonds. The second kappa shape index (κ2) is 6.88. The minimum Gasteiger partial charge on any atom is -0.310 e. The molecule has 2 unspecified atom stereocenters. The molecule has 102 valence electrons. The van der Waals surface area contributed by atoms with E-state index in [0.717, 1.165) is 37.3 Å². The average molecular weight is 250 g/mol. The Kier molecular flexibility index (Phi) is 5.17. The van der Waals surface area contributed by atoms with Crippen LogP contribution in [0.3, 0.4) is 0 Å². The van der Waals surface area contributed by atoms with Crippen LogP contribution in [0.15, 0.2) is 6.33 Å². The van der Waals surface area contributed by atoms with Crippen molar-refractivity contribution in [3.8, 4) is 0 Å². The maximum atomic E-state index is 4.27. The van der Waals surface area contributed by atoms with Gasteiger partial charge in [-0.15, -0.1) is 0 Å². The van der Waals surface area contributed by atoms with Crippen molar-refractivity contribution < 1.29 is 0 Å². The molecule has 4 heteroatoms. The van der Waals surface area contributed by atoms with Gasteiger partial charge in [0.2, 0.25) is 0 Å². The average Bonchev–Trinajstić information content (AvgIpc) is 2.82. The molecule has 0 aromatic carbocycles. The van der Waals surface area contributed by atoms with Crippen LogP contribution in [-0.2, 0) is 13.1 Å². The van der Waals surface area contributed by atoms with Crippen molar-refractivity contribution in [2.24, 2.45) is 11.8 Å². The Morgan fingerprint density at radius 2 is 2.33 bits per heavy atom. The van der Waals surface area contributed by atoms with Gasteiger partial charge in [0.25, 0.3) is 0 Å². The van der Waals surface area contributed by atoms with E-state index < -0.39 is 0 Å². The fourth-order valence-corrected chi connectivity index (χ4v) is 3.02. The molecule has 0 aliphatic heterocycles. The van der Waals surface area contributed by atoms with Crippen LogP contribution in [0, 0.1) is 11.8 Å². The van der Waals surface area contributed by atoms with Gasteiger partial charge in [-0.25, -0.2) is 9.67 Å². The second-order valence-corrected chi connectivity index (χ2v) is 5.60. The first-order chi connectivity index (χ1) is 8.79. The molecule has 4 nitrogen and oxygen atoms in total. The predicted octanol–water partition coefficient (Wildman–Crippen LogP) is 2.60. The lowest BCUT2D eigenvalue weighted by atomic mass is 9.81. The van der Waals surface area contributed by atoms with Crippen LogP contribution in [-0.4, -0.2) is 21.3 Å². The van der Waals surface area contributed by atoms with Gasteiger partial charge in [-0.05, 0) is 38.1 Å². The third-order valence-corrected chi connectivity index (χ3v) is 4.05. The van der Waals surface area contributed by atoms with Crippen LogP contribution < -0.4 is 5.32 Å². The molecule has 1 aliphatic rings. The Bertz CT molecular complexity index is 347. The van der Waals surface area contributed by atoms with E-state index in [1.807, 2.05) is 4.68 Å². The van der Waals surface area contributed by atoms with Gasteiger partial charge in [-0.1, -0.05) is 26.2 Å². The number of nitrogens with zero attached hydrogens (tertiary/aromatic N) is 3. The van der Waals surface area contributed by atoms with Gasteiger partial charge in [0.05, 0.1) is 6.54 Å². The van der Waals surface area contributed by atoms with Crippen LogP contribution in [0.5, 0.6) is 0 Å². The Balaban J connectivity index is 1.64. The third kappa shape index (κ3) is 3.80. The summed E-state index contributed by atoms with van der Waals surface area (Å²) in [7, 11) is 0. The number of hydrogen-bond donors (Lipinski definition) is 1. The van der Waals surface area contributed by atoms with Crippen molar-refractivity contribution in [3.05, 3.63) is 12.2 Å². The highest BCUT2D eigenvalue weighted by Crippen LogP contribution is 2.30. The van der Waals surface area contributed by atoms with Gasteiger partial charge in [0.1, 0.15) is 12.2 Å². The fraction of sp³-hybridized carbons (Fsp3) is 0.857. The number of aromatic nitrogens is 3. The Labute approximate surface area is 110 Å². The molecule has 1 saturated carbocycles. The standard InChI is InChI=1S/C14H26N4/c1-3-18-14(16-11-17-18)10-15-8-7-13-6-4-5-12(2)9-13/h11-13,15H,3-10H2,1-2H3. The zero-order valence-electron chi connectivity index (χ0n) is 11.7. The highest BCUT2D eigenvalue weighted by atomic mass is 15.3. The zero-order chi connectivity index (χ0) is 12.8. The van der Waals surface area contributed by atoms with E-state index in [4.69, 9.17) is 0 Å². The van der Waals surface area contributed by atoms with Crippen molar-refractivity contribution >= 4 is 0 Å². The number of nitrogens with one attached hydrogen (secondary N) is 1. The van der Waals surface area contributed by atoms with E-state index in [-0.39, 0.29) is 0 Å². The number of rotatable bonds is 6. The quantitative estimate of drug-likeness (QED) is 0.789. The fourth-order valence-electron chi connectivity index (χ4n) is 3.02. The van der Waals surface area contributed by atoms with Crippen LogP contribution in [0.25, 0.3) is 0 Å². The highest BCUT2D eigenvalue weighted by molar-refractivity contribution is 4.83. The second-order valence-electron chi connectivity index (χ2n) is 5.60. The molecule has 0 spiro atoms. The third-order valence-electron chi connectivity index (χ3n) is 4.05. The summed E-state index contributed by atoms with van der Waals surface area (Å²) >= 11 is 0. The van der Waals surface area contributed by atoms with Crippen molar-refractivity contribution in [2.45, 2.75) is 59.0 Å². The van der Waals surface area contributed by atoms with E-state index in [0.29, 0.717) is 0 Å². The maximum absolute atomic E-state index is 4.27. The summed E-state index contributed by atoms with van der Waals surface area (Å²) in [4.78, 5) is 4.27. The van der Waals surface area contributed by atoms with E-state index in [9.17, 15) is 0 Å². The first-order valence-electron chi connectivity index (χ1n) is 7.37. The monoisotopic (exact) mass is 250 g/mol. The highest BCUT2D eigenvalue weighted by Gasteiger charge is 2.18. The molecule has 2 atom stereocenters. The summed E-state index contributed by atoms with van der Waals surface area (Å²) in [6.07, 6.45) is 8.66. The smallest absolute Gasteiger partial charge is 0.140 e. The van der Waals surface area contributed by atoms with Gasteiger partial charge in [0, 0.05) is 6.54 Å². The number of hydrogen-bond acceptors (Lipinski definition) is 3. The molecule has 1 N–H and O–H groups in total. The van der Waals surface area contributed by atoms with Crippen molar-refractivity contribution in [3.63, 3.8) is 0 Å². The van der Waals surface area contributed by atoms with Gasteiger partial charge in [0.15, 0.2) is 0 Å². The van der Waals surface area contributed by atoms with Gasteiger partial charge < -0.3 is 5.32 Å². The Hall–Kier alpha value is -0.900. The topological polar surface area (TPSA) is 42.7 Å². The van der Waals surface area contributed by atoms with Crippen LogP contribution in [0.2, 0.25) is 0 Å². The van der Waals surface area contributed by atoms with Crippen LogP contribution in [0.4, 0.5) is 0 Å². The summed E-state index contributed by atoms with van der Waals surface area (Å²) in [6.45, 7) is 7.34. The van der Waals surface area contributed by atoms with E-state index in [1.54, 1.807) is 6.33 Å². The van der Waals surface area contributed by atoms with Crippen molar-refractivity contribution in [2.75, 3.05) is 6.54 Å². The molecule has 18 heavy (non-hydrogen) atoms. The molecule has 1 aliphatic carbocycles. The molecule has 1 fully saturated rings. The van der Waals surface area contributed by atoms with Crippen molar-refractivity contribution in [1.82, 2.24) is 20.1 Å². The Morgan fingerprint density at radius 1 is 1.44 bits per heavy atom. The minimum absolute atomic E-state index is 0.843. The van der Waals surface area contributed by atoms with Crippen LogP contribution >= 0.6 is 0 Å². The number of aryl methyl sites for hydroxylation is 1. The largest absolute Gasteiger partial charge is 0.310 e. The summed E-state index contributed by atoms with van der Waals surface area (Å²) in [5, 5.41) is 7.68. The molecular weight excluding hydrogens is 224 g/mol. The molecule has 1 aromatic heterocycles. The summed E-state index contributed by atoms with van der Waals surface area (Å²) in [5.74, 6) is 2.92. The Morgan fingerprint density at radius 3 is 3.11 bits per heavy atom. The van der Waals surface area contributed by atoms with Gasteiger partial charge in [-0.3, -0.25) is 0 Å². The van der Waals surface area contributed by atoms with E-state index in [1.165, 1.54) is 32.1 Å². The molecule has 0 bridgehead atoms. The summed E-state index contributed by atoms with van der Waals surface area (Å²) in [6, 6.07) is 0. The summed E-state index contributed by atoms with van der Waals surface area (Å²) < 4.78 is 1.95. The van der Waals surface area contributed by atoms with Crippen LogP contribution in [0.1, 0.15) is 51.8 Å². The van der Waals surface area contributed by atoms with Gasteiger partial charge >= 0.3 is 0 Å². The first kappa shape index (κ1) is 13.5. The molecule has 2 rings (SSSR count). The molecule has 0 radical (unpaired) electrons. The van der Waals surface area contributed by atoms with Gasteiger partial charge in [-0.2, -0.15) is 5.10 Å². The lowest BCUT2D eigenvalue weighted by Crippen LogP contribution is -2.22. The lowest BCUT2D eigenvalue weighted by molar-refractivity contribution is 0.267. The molecular formula is C14H26N4. The normalized spacial score (nSPS) is 24.3. The molecule has 1 aromatic rings. The minimum atomic E-state index is 0.843. The summed E-state index contributed by atoms with van der Waals surface area (Å²) in [5.41, 5.74) is 0. The molecule has 1 heterocycles. The predicted molar refractivity (Wildman–Crippen MR) is 73.1 cm³/mol. The van der Waals surface area contributed by atoms with E-state index in [2.05, 4.69) is 29.2 Å².